The smallest absolute Gasteiger partial charge is 0.417 e. The number of hydrogen-bond acceptors (Lipinski definition) is 5. The topological polar surface area (TPSA) is 105 Å². The van der Waals surface area contributed by atoms with Crippen LogP contribution in [0.3, 0.4) is 0 Å². The number of rotatable bonds is 5. The first-order valence-corrected chi connectivity index (χ1v) is 10.8. The molecule has 3 N–H and O–H groups in total. The summed E-state index contributed by atoms with van der Waals surface area (Å²) in [6, 6.07) is 11.9. The third-order valence-corrected chi connectivity index (χ3v) is 5.24. The van der Waals surface area contributed by atoms with Crippen molar-refractivity contribution in [3.05, 3.63) is 82.9 Å². The van der Waals surface area contributed by atoms with Gasteiger partial charge in [-0.1, -0.05) is 11.6 Å². The van der Waals surface area contributed by atoms with Crippen molar-refractivity contribution in [3.8, 4) is 11.6 Å². The second-order valence-electron chi connectivity index (χ2n) is 7.49. The number of anilines is 2. The molecule has 4 rings (SSSR count). The van der Waals surface area contributed by atoms with Crippen LogP contribution in [0.25, 0.3) is 10.9 Å². The van der Waals surface area contributed by atoms with Gasteiger partial charge in [0.05, 0.1) is 21.5 Å². The number of fused-ring (bicyclic) bond motifs is 1. The van der Waals surface area contributed by atoms with Crippen molar-refractivity contribution >= 4 is 45.8 Å². The number of hydrogen-bond donors (Lipinski definition) is 3. The summed E-state index contributed by atoms with van der Waals surface area (Å²) >= 11 is 5.59. The molecule has 4 aromatic rings. The maximum absolute atomic E-state index is 13.7. The molecule has 0 spiro atoms. The van der Waals surface area contributed by atoms with E-state index in [-0.39, 0.29) is 28.7 Å². The lowest BCUT2D eigenvalue weighted by Crippen LogP contribution is -2.21. The van der Waals surface area contributed by atoms with Crippen LogP contribution in [0.1, 0.15) is 16.2 Å². The Kier molecular flexibility index (Phi) is 7.11. The maximum atomic E-state index is 13.7. The molecule has 0 aliphatic carbocycles. The number of halogens is 5. The molecule has 0 fully saturated rings. The standard InChI is InChI=1S/C24H16ClF4N5O3/c1-30-21(35)20-33-19-10-12(26)2-8-16(19)22(34-20)37-15-6-3-13(4-7-15)31-23(36)32-14-5-9-18(25)17(11-14)24(27,28)29/h2-11H,1H3,(H,30,35)(H2,31,32,36). The number of amides is 3. The van der Waals surface area contributed by atoms with Crippen LogP contribution in [-0.2, 0) is 6.18 Å². The van der Waals surface area contributed by atoms with Gasteiger partial charge in [0, 0.05) is 24.5 Å². The van der Waals surface area contributed by atoms with E-state index in [0.29, 0.717) is 11.1 Å². The predicted octanol–water partition coefficient (Wildman–Crippen LogP) is 6.24. The molecule has 37 heavy (non-hydrogen) atoms. The number of alkyl halides is 3. The van der Waals surface area contributed by atoms with Crippen LogP contribution in [0, 0.1) is 5.82 Å². The number of aromatic nitrogens is 2. The van der Waals surface area contributed by atoms with E-state index in [2.05, 4.69) is 25.9 Å². The first kappa shape index (κ1) is 25.6. The van der Waals surface area contributed by atoms with Crippen LogP contribution in [0.2, 0.25) is 5.02 Å². The zero-order chi connectivity index (χ0) is 26.7. The average Bonchev–Trinajstić information content (AvgIpc) is 2.84. The van der Waals surface area contributed by atoms with Gasteiger partial charge < -0.3 is 20.7 Å². The van der Waals surface area contributed by atoms with Gasteiger partial charge in [-0.3, -0.25) is 4.79 Å². The van der Waals surface area contributed by atoms with E-state index in [4.69, 9.17) is 16.3 Å². The Morgan fingerprint density at radius 1 is 0.919 bits per heavy atom. The van der Waals surface area contributed by atoms with E-state index in [9.17, 15) is 27.2 Å². The Hall–Kier alpha value is -4.45. The first-order valence-electron chi connectivity index (χ1n) is 10.5. The summed E-state index contributed by atoms with van der Waals surface area (Å²) in [7, 11) is 1.39. The van der Waals surface area contributed by atoms with Crippen LogP contribution in [0.15, 0.2) is 60.7 Å². The van der Waals surface area contributed by atoms with Gasteiger partial charge in [0.1, 0.15) is 11.6 Å². The number of nitrogens with one attached hydrogen (secondary N) is 3. The quantitative estimate of drug-likeness (QED) is 0.263. The number of carbonyl (C=O) groups is 2. The van der Waals surface area contributed by atoms with Gasteiger partial charge in [-0.2, -0.15) is 18.2 Å². The molecule has 0 saturated heterocycles. The summed E-state index contributed by atoms with van der Waals surface area (Å²) in [5.41, 5.74) is -0.717. The van der Waals surface area contributed by atoms with E-state index in [1.807, 2.05) is 0 Å². The molecule has 1 aromatic heterocycles. The maximum Gasteiger partial charge on any atom is 0.417 e. The number of urea groups is 1. The fourth-order valence-corrected chi connectivity index (χ4v) is 3.42. The molecule has 190 valence electrons. The molecule has 0 radical (unpaired) electrons. The lowest BCUT2D eigenvalue weighted by atomic mass is 10.2. The molecule has 3 amide bonds. The van der Waals surface area contributed by atoms with Crippen molar-refractivity contribution in [2.24, 2.45) is 0 Å². The molecular weight excluding hydrogens is 518 g/mol. The van der Waals surface area contributed by atoms with Crippen molar-refractivity contribution in [1.82, 2.24) is 15.3 Å². The summed E-state index contributed by atoms with van der Waals surface area (Å²) in [5, 5.41) is 7.04. The lowest BCUT2D eigenvalue weighted by molar-refractivity contribution is -0.137. The van der Waals surface area contributed by atoms with Gasteiger partial charge in [-0.05, 0) is 54.6 Å². The number of ether oxygens (including phenoxy) is 1. The van der Waals surface area contributed by atoms with E-state index >= 15 is 0 Å². The van der Waals surface area contributed by atoms with Gasteiger partial charge in [0.15, 0.2) is 0 Å². The highest BCUT2D eigenvalue weighted by atomic mass is 35.5. The van der Waals surface area contributed by atoms with Crippen molar-refractivity contribution in [1.29, 1.82) is 0 Å². The summed E-state index contributed by atoms with van der Waals surface area (Å²) in [6.07, 6.45) is -4.68. The average molecular weight is 534 g/mol. The largest absolute Gasteiger partial charge is 0.438 e. The fraction of sp³-hybridized carbons (Fsp3) is 0.0833. The second-order valence-corrected chi connectivity index (χ2v) is 7.90. The summed E-state index contributed by atoms with van der Waals surface area (Å²) in [4.78, 5) is 32.4. The van der Waals surface area contributed by atoms with E-state index in [1.54, 1.807) is 0 Å². The minimum absolute atomic E-state index is 0.00487. The molecule has 0 aliphatic rings. The van der Waals surface area contributed by atoms with Gasteiger partial charge in [0.2, 0.25) is 11.7 Å². The highest BCUT2D eigenvalue weighted by molar-refractivity contribution is 6.31. The van der Waals surface area contributed by atoms with Gasteiger partial charge in [0.25, 0.3) is 5.91 Å². The summed E-state index contributed by atoms with van der Waals surface area (Å²) in [5.74, 6) is -1.09. The van der Waals surface area contributed by atoms with Gasteiger partial charge >= 0.3 is 12.2 Å². The van der Waals surface area contributed by atoms with E-state index in [1.165, 1.54) is 49.5 Å². The molecular formula is C24H16ClF4N5O3. The third-order valence-electron chi connectivity index (χ3n) is 4.91. The molecule has 8 nitrogen and oxygen atoms in total. The van der Waals surface area contributed by atoms with E-state index < -0.39 is 34.5 Å². The highest BCUT2D eigenvalue weighted by Crippen LogP contribution is 2.36. The Balaban J connectivity index is 1.49. The van der Waals surface area contributed by atoms with Crippen LogP contribution < -0.4 is 20.7 Å². The lowest BCUT2D eigenvalue weighted by Gasteiger charge is -2.13. The van der Waals surface area contributed by atoms with Crippen molar-refractivity contribution in [3.63, 3.8) is 0 Å². The Morgan fingerprint density at radius 3 is 2.27 bits per heavy atom. The molecule has 0 bridgehead atoms. The Morgan fingerprint density at radius 2 is 1.59 bits per heavy atom. The molecule has 0 saturated carbocycles. The minimum Gasteiger partial charge on any atom is -0.438 e. The number of benzene rings is 3. The van der Waals surface area contributed by atoms with Crippen molar-refractivity contribution < 1.29 is 31.9 Å². The van der Waals surface area contributed by atoms with E-state index in [0.717, 1.165) is 18.2 Å². The van der Waals surface area contributed by atoms with Crippen LogP contribution in [0.4, 0.5) is 33.7 Å². The summed E-state index contributed by atoms with van der Waals surface area (Å²) in [6.45, 7) is 0. The monoisotopic (exact) mass is 533 g/mol. The van der Waals surface area contributed by atoms with Crippen LogP contribution in [-0.4, -0.2) is 29.0 Å². The van der Waals surface area contributed by atoms with Gasteiger partial charge in [-0.15, -0.1) is 0 Å². The highest BCUT2D eigenvalue weighted by Gasteiger charge is 2.33. The van der Waals surface area contributed by atoms with Crippen molar-refractivity contribution in [2.45, 2.75) is 6.18 Å². The molecule has 13 heteroatoms. The minimum atomic E-state index is -4.68. The van der Waals surface area contributed by atoms with Gasteiger partial charge in [-0.25, -0.2) is 14.2 Å². The Labute approximate surface area is 211 Å². The van der Waals surface area contributed by atoms with Crippen LogP contribution in [0.5, 0.6) is 11.6 Å². The zero-order valence-electron chi connectivity index (χ0n) is 18.8. The Bertz CT molecular complexity index is 1500. The second kappa shape index (κ2) is 10.3. The normalized spacial score (nSPS) is 11.2. The molecule has 0 atom stereocenters. The van der Waals surface area contributed by atoms with Crippen molar-refractivity contribution in [2.75, 3.05) is 17.7 Å². The summed E-state index contributed by atoms with van der Waals surface area (Å²) < 4.78 is 58.5. The SMILES string of the molecule is CNC(=O)c1nc(Oc2ccc(NC(=O)Nc3ccc(Cl)c(C(F)(F)F)c3)cc2)c2ccc(F)cc2n1. The molecule has 3 aromatic carbocycles. The zero-order valence-corrected chi connectivity index (χ0v) is 19.5. The third kappa shape index (κ3) is 6.04. The molecule has 0 unspecified atom stereocenters. The predicted molar refractivity (Wildman–Crippen MR) is 128 cm³/mol. The molecule has 0 aliphatic heterocycles. The molecule has 1 heterocycles. The first-order chi connectivity index (χ1) is 17.5. The number of carbonyl (C=O) groups excluding carboxylic acids is 2. The van der Waals surface area contributed by atoms with Crippen LogP contribution >= 0.6 is 11.6 Å². The fourth-order valence-electron chi connectivity index (χ4n) is 3.20. The number of nitrogens with zero attached hydrogens (tertiary/aromatic N) is 2.